The molecule has 0 aliphatic carbocycles. The second kappa shape index (κ2) is 7.24. The number of anilines is 1. The first kappa shape index (κ1) is 17.4. The standard InChI is InChI=1S/C18H19N5O3/c1-22-17(24)9-16(21-18(22)25)23(2)20-11-14-6-7-15(26-14)13-5-3-4-12(8-13)10-19/h3-9,11H,10,19H2,1-2H3,(H,21,25)/b20-11+. The summed E-state index contributed by atoms with van der Waals surface area (Å²) in [5.74, 6) is 1.53. The van der Waals surface area contributed by atoms with Crippen molar-refractivity contribution in [2.75, 3.05) is 12.1 Å². The van der Waals surface area contributed by atoms with E-state index in [0.29, 0.717) is 18.1 Å². The highest BCUT2D eigenvalue weighted by molar-refractivity contribution is 5.78. The Morgan fingerprint density at radius 3 is 2.81 bits per heavy atom. The van der Waals surface area contributed by atoms with Gasteiger partial charge in [0.2, 0.25) is 0 Å². The molecule has 3 aromatic rings. The van der Waals surface area contributed by atoms with Crippen LogP contribution in [0.1, 0.15) is 11.3 Å². The molecule has 0 bridgehead atoms. The Balaban J connectivity index is 1.80. The maximum Gasteiger partial charge on any atom is 0.329 e. The van der Waals surface area contributed by atoms with E-state index in [0.717, 1.165) is 15.7 Å². The first-order valence-electron chi connectivity index (χ1n) is 7.95. The third kappa shape index (κ3) is 3.65. The summed E-state index contributed by atoms with van der Waals surface area (Å²) in [5, 5.41) is 5.58. The van der Waals surface area contributed by atoms with Crippen molar-refractivity contribution in [1.82, 2.24) is 9.55 Å². The van der Waals surface area contributed by atoms with Crippen molar-refractivity contribution < 1.29 is 4.42 Å². The van der Waals surface area contributed by atoms with Gasteiger partial charge in [-0.05, 0) is 23.8 Å². The summed E-state index contributed by atoms with van der Waals surface area (Å²) in [7, 11) is 3.02. The van der Waals surface area contributed by atoms with E-state index in [1.165, 1.54) is 24.3 Å². The van der Waals surface area contributed by atoms with Crippen LogP contribution in [0.3, 0.4) is 0 Å². The van der Waals surface area contributed by atoms with E-state index in [9.17, 15) is 9.59 Å². The van der Waals surface area contributed by atoms with Crippen LogP contribution in [0.4, 0.5) is 5.82 Å². The smallest absolute Gasteiger partial charge is 0.329 e. The number of nitrogens with two attached hydrogens (primary N) is 1. The fraction of sp³-hybridized carbons (Fsp3) is 0.167. The molecule has 8 heteroatoms. The lowest BCUT2D eigenvalue weighted by Gasteiger charge is -2.11. The third-order valence-corrected chi connectivity index (χ3v) is 3.91. The SMILES string of the molecule is CN(/N=C/c1ccc(-c2cccc(CN)c2)o1)c1cc(=O)n(C)c(=O)[nH]1. The highest BCUT2D eigenvalue weighted by Gasteiger charge is 2.06. The summed E-state index contributed by atoms with van der Waals surface area (Å²) in [5.41, 5.74) is 6.69. The van der Waals surface area contributed by atoms with Crippen molar-refractivity contribution in [3.63, 3.8) is 0 Å². The number of hydrazone groups is 1. The predicted octanol–water partition coefficient (Wildman–Crippen LogP) is 1.26. The fourth-order valence-corrected chi connectivity index (χ4v) is 2.35. The third-order valence-electron chi connectivity index (χ3n) is 3.91. The van der Waals surface area contributed by atoms with Crippen LogP contribution in [0.25, 0.3) is 11.3 Å². The Bertz CT molecular complexity index is 1030. The van der Waals surface area contributed by atoms with E-state index in [4.69, 9.17) is 10.2 Å². The van der Waals surface area contributed by atoms with Gasteiger partial charge in [0, 0.05) is 32.3 Å². The van der Waals surface area contributed by atoms with Gasteiger partial charge in [-0.1, -0.05) is 18.2 Å². The zero-order valence-electron chi connectivity index (χ0n) is 14.5. The Labute approximate surface area is 149 Å². The number of hydrogen-bond acceptors (Lipinski definition) is 6. The topological polar surface area (TPSA) is 110 Å². The molecule has 0 saturated heterocycles. The van der Waals surface area contributed by atoms with Crippen molar-refractivity contribution in [3.05, 3.63) is 74.6 Å². The van der Waals surface area contributed by atoms with Gasteiger partial charge in [-0.3, -0.25) is 19.4 Å². The molecular weight excluding hydrogens is 334 g/mol. The van der Waals surface area contributed by atoms with E-state index in [1.54, 1.807) is 13.1 Å². The number of aromatic nitrogens is 2. The number of benzene rings is 1. The largest absolute Gasteiger partial charge is 0.455 e. The molecule has 0 amide bonds. The predicted molar refractivity (Wildman–Crippen MR) is 100 cm³/mol. The molecule has 1 aromatic carbocycles. The summed E-state index contributed by atoms with van der Waals surface area (Å²) in [4.78, 5) is 25.9. The number of nitrogens with one attached hydrogen (secondary N) is 1. The van der Waals surface area contributed by atoms with Crippen molar-refractivity contribution in [3.8, 4) is 11.3 Å². The van der Waals surface area contributed by atoms with Gasteiger partial charge >= 0.3 is 5.69 Å². The van der Waals surface area contributed by atoms with Crippen molar-refractivity contribution in [1.29, 1.82) is 0 Å². The van der Waals surface area contributed by atoms with Gasteiger partial charge in [-0.15, -0.1) is 0 Å². The molecular formula is C18H19N5O3. The van der Waals surface area contributed by atoms with Crippen LogP contribution < -0.4 is 22.0 Å². The lowest BCUT2D eigenvalue weighted by Crippen LogP contribution is -2.33. The summed E-state index contributed by atoms with van der Waals surface area (Å²) in [6.45, 7) is 0.461. The summed E-state index contributed by atoms with van der Waals surface area (Å²) in [6, 6.07) is 12.7. The molecule has 2 aromatic heterocycles. The van der Waals surface area contributed by atoms with E-state index in [-0.39, 0.29) is 5.82 Å². The van der Waals surface area contributed by atoms with Crippen molar-refractivity contribution in [2.24, 2.45) is 17.9 Å². The molecule has 3 rings (SSSR count). The van der Waals surface area contributed by atoms with Gasteiger partial charge in [0.05, 0.1) is 6.21 Å². The van der Waals surface area contributed by atoms with E-state index in [1.807, 2.05) is 30.3 Å². The summed E-state index contributed by atoms with van der Waals surface area (Å²) >= 11 is 0. The molecule has 0 spiro atoms. The van der Waals surface area contributed by atoms with E-state index >= 15 is 0 Å². The van der Waals surface area contributed by atoms with Gasteiger partial charge < -0.3 is 10.2 Å². The number of furan rings is 1. The van der Waals surface area contributed by atoms with Crippen LogP contribution in [0.2, 0.25) is 0 Å². The average molecular weight is 353 g/mol. The normalized spacial score (nSPS) is 11.2. The highest BCUT2D eigenvalue weighted by atomic mass is 16.3. The van der Waals surface area contributed by atoms with E-state index < -0.39 is 11.2 Å². The van der Waals surface area contributed by atoms with Gasteiger partial charge in [-0.25, -0.2) is 4.79 Å². The molecule has 3 N–H and O–H groups in total. The lowest BCUT2D eigenvalue weighted by molar-refractivity contribution is 0.574. The van der Waals surface area contributed by atoms with Crippen LogP contribution >= 0.6 is 0 Å². The minimum absolute atomic E-state index is 0.289. The maximum absolute atomic E-state index is 11.7. The molecule has 0 aliphatic heterocycles. The number of H-pyrrole nitrogens is 1. The van der Waals surface area contributed by atoms with Crippen LogP contribution in [-0.2, 0) is 13.6 Å². The molecule has 0 unspecified atom stereocenters. The lowest BCUT2D eigenvalue weighted by atomic mass is 10.1. The Kier molecular flexibility index (Phi) is 4.85. The molecule has 0 radical (unpaired) electrons. The van der Waals surface area contributed by atoms with E-state index in [2.05, 4.69) is 10.1 Å². The zero-order chi connectivity index (χ0) is 18.7. The number of rotatable bonds is 5. The number of nitrogens with zero attached hydrogens (tertiary/aromatic N) is 3. The highest BCUT2D eigenvalue weighted by Crippen LogP contribution is 2.22. The molecule has 0 fully saturated rings. The molecule has 26 heavy (non-hydrogen) atoms. The maximum atomic E-state index is 11.7. The van der Waals surface area contributed by atoms with Gasteiger partial charge in [0.25, 0.3) is 5.56 Å². The first-order valence-corrected chi connectivity index (χ1v) is 7.95. The fourth-order valence-electron chi connectivity index (χ4n) is 2.35. The molecule has 0 saturated carbocycles. The van der Waals surface area contributed by atoms with Gasteiger partial charge in [0.1, 0.15) is 17.3 Å². The average Bonchev–Trinajstić information content (AvgIpc) is 3.13. The number of aromatic amines is 1. The monoisotopic (exact) mass is 353 g/mol. The number of hydrogen-bond donors (Lipinski definition) is 2. The molecule has 2 heterocycles. The second-order valence-corrected chi connectivity index (χ2v) is 5.73. The van der Waals surface area contributed by atoms with Gasteiger partial charge in [0.15, 0.2) is 0 Å². The molecule has 134 valence electrons. The van der Waals surface area contributed by atoms with Crippen LogP contribution in [0.5, 0.6) is 0 Å². The van der Waals surface area contributed by atoms with Crippen LogP contribution in [0, 0.1) is 0 Å². The Morgan fingerprint density at radius 2 is 2.08 bits per heavy atom. The van der Waals surface area contributed by atoms with Crippen LogP contribution in [0.15, 0.2) is 61.6 Å². The van der Waals surface area contributed by atoms with Crippen molar-refractivity contribution in [2.45, 2.75) is 6.54 Å². The minimum atomic E-state index is -0.505. The minimum Gasteiger partial charge on any atom is -0.455 e. The summed E-state index contributed by atoms with van der Waals surface area (Å²) in [6.07, 6.45) is 1.51. The molecule has 0 aliphatic rings. The zero-order valence-corrected chi connectivity index (χ0v) is 14.5. The van der Waals surface area contributed by atoms with Crippen LogP contribution in [-0.4, -0.2) is 22.8 Å². The molecule has 8 nitrogen and oxygen atoms in total. The molecule has 0 atom stereocenters. The Hall–Kier alpha value is -3.39. The van der Waals surface area contributed by atoms with Gasteiger partial charge in [-0.2, -0.15) is 5.10 Å². The summed E-state index contributed by atoms with van der Waals surface area (Å²) < 4.78 is 6.75. The Morgan fingerprint density at radius 1 is 1.27 bits per heavy atom. The first-order chi connectivity index (χ1) is 12.5. The quantitative estimate of drug-likeness (QED) is 0.530. The van der Waals surface area contributed by atoms with Crippen molar-refractivity contribution >= 4 is 12.0 Å². The second-order valence-electron chi connectivity index (χ2n) is 5.73.